The Morgan fingerprint density at radius 3 is 1.92 bits per heavy atom. The second-order valence-corrected chi connectivity index (χ2v) is 13.4. The van der Waals surface area contributed by atoms with E-state index in [1.54, 1.807) is 6.92 Å². The number of allylic oxidation sites excluding steroid dienone is 2. The highest BCUT2D eigenvalue weighted by Crippen LogP contribution is 2.35. The van der Waals surface area contributed by atoms with Gasteiger partial charge in [0.1, 0.15) is 17.2 Å². The van der Waals surface area contributed by atoms with Crippen LogP contribution in [0.15, 0.2) is 140 Å². The maximum absolute atomic E-state index is 13.8. The monoisotopic (exact) mass is 863 g/mol. The highest BCUT2D eigenvalue weighted by atomic mass is 32.2. The predicted molar refractivity (Wildman–Crippen MR) is 225 cm³/mol. The topological polar surface area (TPSA) is 204 Å². The van der Waals surface area contributed by atoms with Crippen LogP contribution in [-0.4, -0.2) is 83.8 Å². The second-order valence-electron chi connectivity index (χ2n) is 12.3. The molecule has 17 nitrogen and oxygen atoms in total. The van der Waals surface area contributed by atoms with E-state index in [9.17, 15) is 28.8 Å². The van der Waals surface area contributed by atoms with Crippen LogP contribution in [0.25, 0.3) is 0 Å². The summed E-state index contributed by atoms with van der Waals surface area (Å²) in [6.07, 6.45) is 12.7. The van der Waals surface area contributed by atoms with Gasteiger partial charge >= 0.3 is 29.8 Å². The van der Waals surface area contributed by atoms with Gasteiger partial charge in [-0.1, -0.05) is 62.4 Å². The quantitative estimate of drug-likeness (QED) is 0.0260. The lowest BCUT2D eigenvalue weighted by atomic mass is 10.1. The Kier molecular flexibility index (Phi) is 15.9. The van der Waals surface area contributed by atoms with Crippen LogP contribution in [0.4, 0.5) is 0 Å². The summed E-state index contributed by atoms with van der Waals surface area (Å²) in [6.45, 7) is 13.6. The van der Waals surface area contributed by atoms with Crippen molar-refractivity contribution in [1.82, 2.24) is 5.01 Å². The Morgan fingerprint density at radius 2 is 1.29 bits per heavy atom. The van der Waals surface area contributed by atoms with Crippen LogP contribution < -0.4 is 23.7 Å². The first-order valence-corrected chi connectivity index (χ1v) is 19.0. The molecule has 18 heteroatoms. The van der Waals surface area contributed by atoms with Gasteiger partial charge in [-0.3, -0.25) is 9.79 Å². The Bertz CT molecular complexity index is 2400. The Hall–Kier alpha value is -7.99. The molecule has 0 radical (unpaired) electrons. The van der Waals surface area contributed by atoms with Crippen LogP contribution in [0.5, 0.6) is 28.7 Å². The van der Waals surface area contributed by atoms with Crippen molar-refractivity contribution in [1.29, 1.82) is 0 Å². The molecule has 1 amide bonds. The van der Waals surface area contributed by atoms with E-state index in [0.717, 1.165) is 29.3 Å². The molecule has 0 fully saturated rings. The summed E-state index contributed by atoms with van der Waals surface area (Å²) in [5, 5.41) is 5.69. The number of carbonyl (C=O) groups is 6. The molecule has 62 heavy (non-hydrogen) atoms. The third-order valence-electron chi connectivity index (χ3n) is 8.14. The first-order chi connectivity index (χ1) is 29.9. The summed E-state index contributed by atoms with van der Waals surface area (Å²) < 4.78 is 42.5. The molecule has 0 aromatic heterocycles. The molecule has 2 unspecified atom stereocenters. The lowest BCUT2D eigenvalue weighted by molar-refractivity contribution is -0.146. The van der Waals surface area contributed by atoms with E-state index < -0.39 is 49.3 Å². The van der Waals surface area contributed by atoms with E-state index in [1.165, 1.54) is 72.6 Å². The Labute approximate surface area is 358 Å². The standard InChI is InChI=1S/C44H37N3O14S/c1-6-37(48)47(44-46-33-12-10-11-13-36(33)62-44)45-23-30-21-32(60-42(52)28-14-17-31(18-15-28)54-24-57-38(49)7-2)20-27(5)41(30)61-43(53)29-16-19-34(55-25-58-39(50)8-3)35(22-29)56-26-59-40(51)9-4/h6-23,33,36H,1-4,24-26H2,5H3/b45-23+. The molecule has 0 bridgehead atoms. The van der Waals surface area contributed by atoms with E-state index in [0.29, 0.717) is 11.3 Å². The van der Waals surface area contributed by atoms with Crippen LogP contribution >= 0.6 is 11.8 Å². The number of amides is 1. The highest BCUT2D eigenvalue weighted by Gasteiger charge is 2.32. The molecule has 0 N–H and O–H groups in total. The number of ether oxygens (including phenoxy) is 8. The summed E-state index contributed by atoms with van der Waals surface area (Å²) in [6, 6.07) is 12.3. The maximum Gasteiger partial charge on any atom is 0.343 e. The highest BCUT2D eigenvalue weighted by molar-refractivity contribution is 8.14. The predicted octanol–water partition coefficient (Wildman–Crippen LogP) is 5.94. The molecular formula is C44H37N3O14S. The van der Waals surface area contributed by atoms with Crippen molar-refractivity contribution in [2.45, 2.75) is 18.2 Å². The number of rotatable bonds is 19. The number of amidine groups is 1. The minimum absolute atomic E-state index is 0.00456. The van der Waals surface area contributed by atoms with Crippen molar-refractivity contribution in [3.63, 3.8) is 0 Å². The van der Waals surface area contributed by atoms with E-state index in [1.807, 2.05) is 24.3 Å². The van der Waals surface area contributed by atoms with Gasteiger partial charge in [0.05, 0.1) is 28.6 Å². The molecule has 0 saturated carbocycles. The average molecular weight is 864 g/mol. The Balaban J connectivity index is 1.45. The van der Waals surface area contributed by atoms with Crippen molar-refractivity contribution in [3.8, 4) is 28.7 Å². The normalized spacial score (nSPS) is 14.6. The van der Waals surface area contributed by atoms with Gasteiger partial charge in [0.2, 0.25) is 20.4 Å². The fourth-order valence-electron chi connectivity index (χ4n) is 5.16. The van der Waals surface area contributed by atoms with Gasteiger partial charge in [-0.25, -0.2) is 24.0 Å². The van der Waals surface area contributed by atoms with Crippen molar-refractivity contribution in [3.05, 3.63) is 152 Å². The van der Waals surface area contributed by atoms with E-state index in [-0.39, 0.29) is 62.9 Å². The fourth-order valence-corrected chi connectivity index (χ4v) is 6.28. The summed E-state index contributed by atoms with van der Waals surface area (Å²) in [7, 11) is 0. The van der Waals surface area contributed by atoms with E-state index in [2.05, 4.69) is 36.4 Å². The third-order valence-corrected chi connectivity index (χ3v) is 9.34. The number of hydrazone groups is 1. The van der Waals surface area contributed by atoms with Gasteiger partial charge in [-0.15, -0.1) is 0 Å². The molecule has 1 heterocycles. The fraction of sp³-hybridized carbons (Fsp3) is 0.136. The minimum Gasteiger partial charge on any atom is -0.457 e. The number of carbonyl (C=O) groups excluding carboxylic acids is 6. The zero-order valence-corrected chi connectivity index (χ0v) is 33.8. The third kappa shape index (κ3) is 12.3. The lowest BCUT2D eigenvalue weighted by Gasteiger charge is -2.17. The SMILES string of the molecule is C=CC(=O)OCOc1ccc(C(=O)Oc2cc(C)c(OC(=O)c3ccc(OCOC(=O)C=C)c(OCOC(=O)C=C)c3)c(/C=N/N(C(=O)C=C)C3=NC4C=CC=CC4S3)c2)cc1. The van der Waals surface area contributed by atoms with Crippen molar-refractivity contribution in [2.24, 2.45) is 10.1 Å². The molecular weight excluding hydrogens is 827 g/mol. The van der Waals surface area contributed by atoms with Crippen LogP contribution in [0.1, 0.15) is 31.8 Å². The first kappa shape index (κ1) is 45.1. The second kappa shape index (κ2) is 21.9. The summed E-state index contributed by atoms with van der Waals surface area (Å²) in [5.41, 5.74) is 0.461. The minimum atomic E-state index is -0.913. The number of aryl methyl sites for hydroxylation is 1. The number of benzene rings is 3. The van der Waals surface area contributed by atoms with Gasteiger partial charge in [-0.2, -0.15) is 10.1 Å². The van der Waals surface area contributed by atoms with Crippen LogP contribution in [0, 0.1) is 6.92 Å². The molecule has 2 aliphatic rings. The first-order valence-electron chi connectivity index (χ1n) is 18.1. The molecule has 3 aromatic carbocycles. The van der Waals surface area contributed by atoms with Crippen LogP contribution in [-0.2, 0) is 33.4 Å². The van der Waals surface area contributed by atoms with Crippen molar-refractivity contribution < 1.29 is 66.7 Å². The molecule has 2 atom stereocenters. The van der Waals surface area contributed by atoms with Gasteiger partial charge in [0.15, 0.2) is 16.7 Å². The maximum atomic E-state index is 13.8. The molecule has 5 rings (SSSR count). The van der Waals surface area contributed by atoms with Crippen molar-refractivity contribution >= 4 is 58.9 Å². The molecule has 0 saturated heterocycles. The Morgan fingerprint density at radius 1 is 0.694 bits per heavy atom. The lowest BCUT2D eigenvalue weighted by Crippen LogP contribution is -2.28. The summed E-state index contributed by atoms with van der Waals surface area (Å²) in [4.78, 5) is 79.3. The van der Waals surface area contributed by atoms with Crippen LogP contribution in [0.2, 0.25) is 0 Å². The average Bonchev–Trinajstić information content (AvgIpc) is 3.71. The zero-order chi connectivity index (χ0) is 44.6. The number of nitrogens with zero attached hydrogens (tertiary/aromatic N) is 3. The number of hydrogen-bond acceptors (Lipinski definition) is 17. The van der Waals surface area contributed by atoms with Gasteiger partial charge in [0.25, 0.3) is 5.91 Å². The number of hydrogen-bond donors (Lipinski definition) is 0. The number of fused-ring (bicyclic) bond motifs is 1. The van der Waals surface area contributed by atoms with E-state index >= 15 is 0 Å². The summed E-state index contributed by atoms with van der Waals surface area (Å²) in [5.74, 6) is -4.29. The molecule has 0 spiro atoms. The van der Waals surface area contributed by atoms with Crippen LogP contribution in [0.3, 0.4) is 0 Å². The zero-order valence-electron chi connectivity index (χ0n) is 33.0. The number of thioether (sulfide) groups is 1. The smallest absolute Gasteiger partial charge is 0.343 e. The summed E-state index contributed by atoms with van der Waals surface area (Å²) >= 11 is 1.31. The van der Waals surface area contributed by atoms with Gasteiger partial charge in [-0.05, 0) is 73.2 Å². The molecule has 318 valence electrons. The number of esters is 5. The van der Waals surface area contributed by atoms with Gasteiger partial charge in [0, 0.05) is 23.8 Å². The number of aliphatic imine (C=N–C) groups is 1. The molecule has 1 aliphatic heterocycles. The van der Waals surface area contributed by atoms with Crippen molar-refractivity contribution in [2.75, 3.05) is 20.4 Å². The van der Waals surface area contributed by atoms with Gasteiger partial charge < -0.3 is 37.9 Å². The molecule has 1 aliphatic carbocycles. The largest absolute Gasteiger partial charge is 0.457 e. The van der Waals surface area contributed by atoms with E-state index in [4.69, 9.17) is 37.9 Å². The molecule has 3 aromatic rings.